The number of aryl methyl sites for hydroxylation is 1. The normalized spacial score (nSPS) is 12.9. The Bertz CT molecular complexity index is 971. The highest BCUT2D eigenvalue weighted by Gasteiger charge is 2.11. The van der Waals surface area contributed by atoms with E-state index < -0.39 is 0 Å². The second-order valence-corrected chi connectivity index (χ2v) is 6.86. The number of nitrogens with one attached hydrogen (secondary N) is 2. The van der Waals surface area contributed by atoms with E-state index >= 15 is 0 Å². The highest BCUT2D eigenvalue weighted by Crippen LogP contribution is 2.25. The Labute approximate surface area is 188 Å². The lowest BCUT2D eigenvalue weighted by molar-refractivity contribution is 0.357. The van der Waals surface area contributed by atoms with E-state index in [1.165, 1.54) is 11.1 Å². The molecule has 0 aliphatic carbocycles. The summed E-state index contributed by atoms with van der Waals surface area (Å²) in [5, 5.41) is 15.2. The van der Waals surface area contributed by atoms with Crippen LogP contribution in [0.1, 0.15) is 23.4 Å². The number of nitrogens with zero attached hydrogens (tertiary/aromatic N) is 4. The van der Waals surface area contributed by atoms with E-state index in [9.17, 15) is 0 Å². The molecule has 0 radical (unpaired) electrons. The SMILES string of the molecule is CN=C(NCCCc1nnc2ccccn12)NCCc1ccc2c(c1)CCO2.I. The summed E-state index contributed by atoms with van der Waals surface area (Å²) in [4.78, 5) is 4.30. The van der Waals surface area contributed by atoms with Crippen LogP contribution in [0.2, 0.25) is 0 Å². The predicted octanol–water partition coefficient (Wildman–Crippen LogP) is 2.62. The van der Waals surface area contributed by atoms with Crippen LogP contribution in [0.25, 0.3) is 5.65 Å². The molecule has 0 atom stereocenters. The van der Waals surface area contributed by atoms with Crippen molar-refractivity contribution in [3.05, 3.63) is 59.5 Å². The summed E-state index contributed by atoms with van der Waals surface area (Å²) in [5.74, 6) is 2.85. The van der Waals surface area contributed by atoms with Gasteiger partial charge < -0.3 is 15.4 Å². The monoisotopic (exact) mass is 506 g/mol. The van der Waals surface area contributed by atoms with Crippen LogP contribution in [0, 0.1) is 0 Å². The van der Waals surface area contributed by atoms with Gasteiger partial charge in [0.15, 0.2) is 11.6 Å². The highest BCUT2D eigenvalue weighted by molar-refractivity contribution is 14.0. The van der Waals surface area contributed by atoms with Crippen molar-refractivity contribution in [3.8, 4) is 5.75 Å². The third kappa shape index (κ3) is 5.37. The summed E-state index contributed by atoms with van der Waals surface area (Å²) < 4.78 is 7.60. The third-order valence-corrected chi connectivity index (χ3v) is 4.94. The van der Waals surface area contributed by atoms with Crippen molar-refractivity contribution >= 4 is 35.6 Å². The molecule has 2 aromatic heterocycles. The van der Waals surface area contributed by atoms with Crippen LogP contribution in [0.3, 0.4) is 0 Å². The van der Waals surface area contributed by atoms with Gasteiger partial charge >= 0.3 is 0 Å². The Morgan fingerprint density at radius 2 is 2.03 bits per heavy atom. The zero-order valence-electron chi connectivity index (χ0n) is 16.6. The van der Waals surface area contributed by atoms with E-state index in [1.807, 2.05) is 28.8 Å². The van der Waals surface area contributed by atoms with Gasteiger partial charge in [0.25, 0.3) is 0 Å². The maximum absolute atomic E-state index is 5.56. The Kier molecular flexibility index (Phi) is 7.68. The quantitative estimate of drug-likeness (QED) is 0.223. The molecule has 0 amide bonds. The predicted molar refractivity (Wildman–Crippen MR) is 125 cm³/mol. The van der Waals surface area contributed by atoms with Crippen molar-refractivity contribution in [2.75, 3.05) is 26.7 Å². The van der Waals surface area contributed by atoms with Gasteiger partial charge in [-0.25, -0.2) is 0 Å². The fourth-order valence-corrected chi connectivity index (χ4v) is 3.46. The number of guanidine groups is 1. The minimum Gasteiger partial charge on any atom is -0.493 e. The molecule has 29 heavy (non-hydrogen) atoms. The van der Waals surface area contributed by atoms with Crippen molar-refractivity contribution < 1.29 is 4.74 Å². The van der Waals surface area contributed by atoms with Crippen LogP contribution in [0.4, 0.5) is 0 Å². The summed E-state index contributed by atoms with van der Waals surface area (Å²) >= 11 is 0. The number of aromatic nitrogens is 3. The first-order chi connectivity index (χ1) is 13.8. The number of hydrogen-bond donors (Lipinski definition) is 2. The zero-order valence-corrected chi connectivity index (χ0v) is 18.9. The number of aliphatic imine (C=N–C) groups is 1. The summed E-state index contributed by atoms with van der Waals surface area (Å²) in [6, 6.07) is 12.4. The molecule has 0 bridgehead atoms. The first kappa shape index (κ1) is 21.4. The van der Waals surface area contributed by atoms with Gasteiger partial charge in [-0.2, -0.15) is 0 Å². The fraction of sp³-hybridized carbons (Fsp3) is 0.381. The lowest BCUT2D eigenvalue weighted by atomic mass is 10.1. The second kappa shape index (κ2) is 10.4. The molecule has 0 spiro atoms. The van der Waals surface area contributed by atoms with E-state index in [0.29, 0.717) is 0 Å². The maximum atomic E-state index is 5.56. The molecule has 0 fully saturated rings. The van der Waals surface area contributed by atoms with Gasteiger partial charge in [-0.3, -0.25) is 9.39 Å². The molecule has 1 aromatic carbocycles. The highest BCUT2D eigenvalue weighted by atomic mass is 127. The molecule has 2 N–H and O–H groups in total. The van der Waals surface area contributed by atoms with Gasteiger partial charge in [-0.15, -0.1) is 34.2 Å². The van der Waals surface area contributed by atoms with Crippen molar-refractivity contribution in [1.29, 1.82) is 0 Å². The van der Waals surface area contributed by atoms with Crippen molar-refractivity contribution in [2.45, 2.75) is 25.7 Å². The van der Waals surface area contributed by atoms with Crippen molar-refractivity contribution in [3.63, 3.8) is 0 Å². The van der Waals surface area contributed by atoms with Crippen LogP contribution in [-0.2, 0) is 19.3 Å². The molecule has 3 aromatic rings. The summed E-state index contributed by atoms with van der Waals surface area (Å²) in [6.07, 6.45) is 5.80. The lowest BCUT2D eigenvalue weighted by Gasteiger charge is -2.12. The van der Waals surface area contributed by atoms with Crippen LogP contribution < -0.4 is 15.4 Å². The summed E-state index contributed by atoms with van der Waals surface area (Å²) in [6.45, 7) is 2.48. The van der Waals surface area contributed by atoms with Crippen LogP contribution >= 0.6 is 24.0 Å². The molecule has 0 saturated carbocycles. The Morgan fingerprint density at radius 3 is 2.93 bits per heavy atom. The van der Waals surface area contributed by atoms with E-state index in [1.54, 1.807) is 7.05 Å². The van der Waals surface area contributed by atoms with Crippen molar-refractivity contribution in [1.82, 2.24) is 25.2 Å². The number of hydrogen-bond acceptors (Lipinski definition) is 4. The molecular formula is C21H27IN6O. The first-order valence-corrected chi connectivity index (χ1v) is 9.81. The Morgan fingerprint density at radius 1 is 1.14 bits per heavy atom. The fourth-order valence-electron chi connectivity index (χ4n) is 3.46. The maximum Gasteiger partial charge on any atom is 0.190 e. The number of fused-ring (bicyclic) bond motifs is 2. The van der Waals surface area contributed by atoms with Gasteiger partial charge in [0.2, 0.25) is 0 Å². The van der Waals surface area contributed by atoms with E-state index in [0.717, 1.165) is 68.6 Å². The van der Waals surface area contributed by atoms with Gasteiger partial charge in [0, 0.05) is 39.2 Å². The molecule has 1 aliphatic rings. The van der Waals surface area contributed by atoms with Gasteiger partial charge in [-0.05, 0) is 42.2 Å². The Hall–Kier alpha value is -2.36. The van der Waals surface area contributed by atoms with Gasteiger partial charge in [-0.1, -0.05) is 18.2 Å². The molecule has 4 rings (SSSR count). The minimum absolute atomic E-state index is 0. The zero-order chi connectivity index (χ0) is 19.2. The number of halogens is 1. The molecule has 1 aliphatic heterocycles. The molecule has 7 nitrogen and oxygen atoms in total. The lowest BCUT2D eigenvalue weighted by Crippen LogP contribution is -2.38. The number of pyridine rings is 1. The Balaban J connectivity index is 0.00000240. The first-order valence-electron chi connectivity index (χ1n) is 9.81. The van der Waals surface area contributed by atoms with E-state index in [-0.39, 0.29) is 24.0 Å². The molecule has 154 valence electrons. The second-order valence-electron chi connectivity index (χ2n) is 6.86. The molecular weight excluding hydrogens is 479 g/mol. The van der Waals surface area contributed by atoms with Gasteiger partial charge in [0.1, 0.15) is 11.6 Å². The average molecular weight is 506 g/mol. The topological polar surface area (TPSA) is 75.8 Å². The van der Waals surface area contributed by atoms with E-state index in [4.69, 9.17) is 4.74 Å². The van der Waals surface area contributed by atoms with Crippen LogP contribution in [0.5, 0.6) is 5.75 Å². The number of rotatable bonds is 7. The number of benzene rings is 1. The van der Waals surface area contributed by atoms with E-state index in [2.05, 4.69) is 44.0 Å². The van der Waals surface area contributed by atoms with Crippen LogP contribution in [-0.4, -0.2) is 47.3 Å². The van der Waals surface area contributed by atoms with Crippen LogP contribution in [0.15, 0.2) is 47.6 Å². The summed E-state index contributed by atoms with van der Waals surface area (Å²) in [5.41, 5.74) is 3.54. The molecule has 3 heterocycles. The smallest absolute Gasteiger partial charge is 0.190 e. The summed E-state index contributed by atoms with van der Waals surface area (Å²) in [7, 11) is 1.80. The van der Waals surface area contributed by atoms with Gasteiger partial charge in [0.05, 0.1) is 6.61 Å². The largest absolute Gasteiger partial charge is 0.493 e. The van der Waals surface area contributed by atoms with Crippen molar-refractivity contribution in [2.24, 2.45) is 4.99 Å². The average Bonchev–Trinajstić information content (AvgIpc) is 3.36. The standard InChI is InChI=1S/C21H26N6O.HI/c1-22-21(24-12-9-16-7-8-18-17(15-16)10-14-28-18)23-11-4-6-20-26-25-19-5-2-3-13-27(19)20;/h2-3,5,7-8,13,15H,4,6,9-12,14H2,1H3,(H2,22,23,24);1H. The molecule has 0 saturated heterocycles. The third-order valence-electron chi connectivity index (χ3n) is 4.94. The minimum atomic E-state index is 0. The molecule has 8 heteroatoms. The number of ether oxygens (including phenoxy) is 1. The molecule has 0 unspecified atom stereocenters.